The molecule has 1 aromatic carbocycles. The number of halogens is 1. The molecule has 0 spiro atoms. The van der Waals surface area contributed by atoms with Crippen LogP contribution in [0.5, 0.6) is 0 Å². The van der Waals surface area contributed by atoms with Gasteiger partial charge < -0.3 is 5.11 Å². The van der Waals surface area contributed by atoms with Crippen molar-refractivity contribution in [3.63, 3.8) is 0 Å². The van der Waals surface area contributed by atoms with Gasteiger partial charge in [0.25, 0.3) is 5.69 Å². The van der Waals surface area contributed by atoms with Crippen LogP contribution in [0.25, 0.3) is 0 Å². The molecule has 21 heavy (non-hydrogen) atoms. The summed E-state index contributed by atoms with van der Waals surface area (Å²) in [4.78, 5) is 21.4. The van der Waals surface area contributed by atoms with Crippen LogP contribution in [0.15, 0.2) is 22.7 Å². The molecule has 1 heterocycles. The third kappa shape index (κ3) is 2.94. The van der Waals surface area contributed by atoms with Gasteiger partial charge in [-0.05, 0) is 25.5 Å². The van der Waals surface area contributed by atoms with Gasteiger partial charge in [0.15, 0.2) is 0 Å². The predicted molar refractivity (Wildman–Crippen MR) is 78.6 cm³/mol. The van der Waals surface area contributed by atoms with E-state index in [2.05, 4.69) is 21.0 Å². The zero-order valence-electron chi connectivity index (χ0n) is 11.3. The number of benzene rings is 1. The van der Waals surface area contributed by atoms with Crippen molar-refractivity contribution in [3.8, 4) is 0 Å². The van der Waals surface area contributed by atoms with Gasteiger partial charge in [-0.3, -0.25) is 14.8 Å². The summed E-state index contributed by atoms with van der Waals surface area (Å²) >= 11 is 3.29. The maximum absolute atomic E-state index is 11.2. The number of nitro groups is 1. The molecule has 0 saturated carbocycles. The number of aromatic nitrogens is 2. The summed E-state index contributed by atoms with van der Waals surface area (Å²) in [7, 11) is 0. The van der Waals surface area contributed by atoms with Crippen molar-refractivity contribution >= 4 is 27.6 Å². The number of nitro benzene ring substituents is 1. The van der Waals surface area contributed by atoms with E-state index in [1.807, 2.05) is 0 Å². The minimum Gasteiger partial charge on any atom is -0.478 e. The predicted octanol–water partition coefficient (Wildman–Crippen LogP) is 2.92. The quantitative estimate of drug-likeness (QED) is 0.672. The number of carbonyl (C=O) groups is 1. The number of aromatic carboxylic acids is 1. The Bertz CT molecular complexity index is 739. The lowest BCUT2D eigenvalue weighted by atomic mass is 10.2. The third-order valence-electron chi connectivity index (χ3n) is 3.16. The molecule has 0 amide bonds. The highest BCUT2D eigenvalue weighted by Gasteiger charge is 2.18. The van der Waals surface area contributed by atoms with Crippen LogP contribution in [-0.2, 0) is 6.54 Å². The summed E-state index contributed by atoms with van der Waals surface area (Å²) < 4.78 is 2.16. The molecule has 8 heteroatoms. The van der Waals surface area contributed by atoms with E-state index < -0.39 is 10.9 Å². The van der Waals surface area contributed by atoms with Gasteiger partial charge in [-0.25, -0.2) is 4.79 Å². The van der Waals surface area contributed by atoms with E-state index >= 15 is 0 Å². The Kier molecular flexibility index (Phi) is 4.08. The normalized spacial score (nSPS) is 10.6. The van der Waals surface area contributed by atoms with Crippen LogP contribution >= 0.6 is 15.9 Å². The maximum atomic E-state index is 11.2. The minimum atomic E-state index is -1.01. The Labute approximate surface area is 128 Å². The summed E-state index contributed by atoms with van der Waals surface area (Å²) in [5.74, 6) is -1.01. The second-order valence-electron chi connectivity index (χ2n) is 4.54. The summed E-state index contributed by atoms with van der Waals surface area (Å²) in [6, 6.07) is 4.45. The first-order valence-corrected chi connectivity index (χ1v) is 6.80. The van der Waals surface area contributed by atoms with Crippen molar-refractivity contribution in [1.29, 1.82) is 0 Å². The molecular weight excluding hydrogens is 342 g/mol. The number of hydrogen-bond acceptors (Lipinski definition) is 4. The largest absolute Gasteiger partial charge is 0.478 e. The van der Waals surface area contributed by atoms with E-state index in [1.54, 1.807) is 24.6 Å². The molecule has 0 bridgehead atoms. The van der Waals surface area contributed by atoms with Crippen LogP contribution in [0.2, 0.25) is 0 Å². The SMILES string of the molecule is Cc1nn(Cc2ccc([N+](=O)[O-])cc2Br)c(C)c1C(=O)O. The van der Waals surface area contributed by atoms with Crippen molar-refractivity contribution in [3.05, 3.63) is 55.3 Å². The average Bonchev–Trinajstić information content (AvgIpc) is 2.66. The van der Waals surface area contributed by atoms with Crippen LogP contribution in [0.4, 0.5) is 5.69 Å². The average molecular weight is 354 g/mol. The van der Waals surface area contributed by atoms with E-state index in [0.717, 1.165) is 5.56 Å². The fourth-order valence-corrected chi connectivity index (χ4v) is 2.59. The molecule has 2 rings (SSSR count). The van der Waals surface area contributed by atoms with Crippen LogP contribution in [0.3, 0.4) is 0 Å². The van der Waals surface area contributed by atoms with Gasteiger partial charge in [-0.2, -0.15) is 5.10 Å². The monoisotopic (exact) mass is 353 g/mol. The van der Waals surface area contributed by atoms with Crippen molar-refractivity contribution in [1.82, 2.24) is 9.78 Å². The smallest absolute Gasteiger partial charge is 0.339 e. The first kappa shape index (κ1) is 15.2. The first-order chi connectivity index (χ1) is 9.81. The molecule has 0 radical (unpaired) electrons. The zero-order valence-corrected chi connectivity index (χ0v) is 12.9. The second kappa shape index (κ2) is 5.65. The summed E-state index contributed by atoms with van der Waals surface area (Å²) in [6.07, 6.45) is 0. The fourth-order valence-electron chi connectivity index (χ4n) is 2.10. The number of aryl methyl sites for hydroxylation is 1. The second-order valence-corrected chi connectivity index (χ2v) is 5.40. The first-order valence-electron chi connectivity index (χ1n) is 6.01. The van der Waals surface area contributed by atoms with Gasteiger partial charge in [0.05, 0.1) is 22.9 Å². The number of carboxylic acids is 1. The molecule has 1 N–H and O–H groups in total. The lowest BCUT2D eigenvalue weighted by Crippen LogP contribution is -2.06. The molecule has 0 atom stereocenters. The Balaban J connectivity index is 2.37. The maximum Gasteiger partial charge on any atom is 0.339 e. The molecule has 2 aromatic rings. The Morgan fingerprint density at radius 2 is 2.14 bits per heavy atom. The van der Waals surface area contributed by atoms with Gasteiger partial charge in [0, 0.05) is 16.6 Å². The number of nitrogens with zero attached hydrogens (tertiary/aromatic N) is 3. The van der Waals surface area contributed by atoms with Crippen LogP contribution in [-0.4, -0.2) is 25.8 Å². The van der Waals surface area contributed by atoms with E-state index in [-0.39, 0.29) is 11.3 Å². The van der Waals surface area contributed by atoms with Crippen molar-refractivity contribution < 1.29 is 14.8 Å². The molecule has 0 aliphatic rings. The number of carboxylic acid groups (broad SMARTS) is 1. The Morgan fingerprint density at radius 1 is 1.48 bits per heavy atom. The van der Waals surface area contributed by atoms with Gasteiger partial charge in [-0.1, -0.05) is 15.9 Å². The highest BCUT2D eigenvalue weighted by atomic mass is 79.9. The van der Waals surface area contributed by atoms with Gasteiger partial charge in [-0.15, -0.1) is 0 Å². The van der Waals surface area contributed by atoms with Crippen molar-refractivity contribution in [2.75, 3.05) is 0 Å². The molecule has 1 aromatic heterocycles. The van der Waals surface area contributed by atoms with Crippen LogP contribution < -0.4 is 0 Å². The van der Waals surface area contributed by atoms with Gasteiger partial charge in [0.2, 0.25) is 0 Å². The lowest BCUT2D eigenvalue weighted by Gasteiger charge is -2.07. The van der Waals surface area contributed by atoms with Gasteiger partial charge in [0.1, 0.15) is 5.56 Å². The van der Waals surface area contributed by atoms with Crippen molar-refractivity contribution in [2.24, 2.45) is 0 Å². The van der Waals surface area contributed by atoms with E-state index in [9.17, 15) is 14.9 Å². The van der Waals surface area contributed by atoms with Crippen molar-refractivity contribution in [2.45, 2.75) is 20.4 Å². The molecule has 0 aliphatic heterocycles. The van der Waals surface area contributed by atoms with E-state index in [4.69, 9.17) is 5.11 Å². The molecule has 0 saturated heterocycles. The fraction of sp³-hybridized carbons (Fsp3) is 0.231. The standard InChI is InChI=1S/C13H12BrN3O4/c1-7-12(13(18)19)8(2)16(15-7)6-9-3-4-10(17(20)21)5-11(9)14/h3-5H,6H2,1-2H3,(H,18,19). The van der Waals surface area contributed by atoms with Crippen LogP contribution in [0.1, 0.15) is 27.3 Å². The number of non-ortho nitro benzene ring substituents is 1. The highest BCUT2D eigenvalue weighted by molar-refractivity contribution is 9.10. The molecular formula is C13H12BrN3O4. The molecule has 0 unspecified atom stereocenters. The molecule has 7 nitrogen and oxygen atoms in total. The summed E-state index contributed by atoms with van der Waals surface area (Å²) in [6.45, 7) is 3.65. The summed E-state index contributed by atoms with van der Waals surface area (Å²) in [5, 5.41) is 24.0. The van der Waals surface area contributed by atoms with Crippen LogP contribution in [0, 0.1) is 24.0 Å². The van der Waals surface area contributed by atoms with E-state index in [1.165, 1.54) is 12.1 Å². The lowest BCUT2D eigenvalue weighted by molar-refractivity contribution is -0.384. The van der Waals surface area contributed by atoms with E-state index in [0.29, 0.717) is 22.4 Å². The molecule has 110 valence electrons. The summed E-state index contributed by atoms with van der Waals surface area (Å²) in [5.41, 5.74) is 1.95. The number of rotatable bonds is 4. The molecule has 0 aliphatic carbocycles. The minimum absolute atomic E-state index is 0.00906. The Hall–Kier alpha value is -2.22. The Morgan fingerprint density at radius 3 is 2.62 bits per heavy atom. The molecule has 0 fully saturated rings. The highest BCUT2D eigenvalue weighted by Crippen LogP contribution is 2.24. The number of hydrogen-bond donors (Lipinski definition) is 1. The van der Waals surface area contributed by atoms with Gasteiger partial charge >= 0.3 is 5.97 Å². The topological polar surface area (TPSA) is 98.3 Å². The third-order valence-corrected chi connectivity index (χ3v) is 3.90. The zero-order chi connectivity index (χ0) is 15.7.